The molecule has 0 aliphatic heterocycles. The number of nitrogens with one attached hydrogen (secondary N) is 1. The molecule has 112 valence electrons. The monoisotopic (exact) mass is 285 g/mol. The van der Waals surface area contributed by atoms with Crippen molar-refractivity contribution >= 4 is 11.4 Å². The second-order valence-corrected chi connectivity index (χ2v) is 7.11. The second kappa shape index (κ2) is 4.86. The minimum absolute atomic E-state index is 0.0323. The van der Waals surface area contributed by atoms with Crippen molar-refractivity contribution in [2.75, 3.05) is 0 Å². The van der Waals surface area contributed by atoms with E-state index in [4.69, 9.17) is 0 Å². The van der Waals surface area contributed by atoms with Crippen molar-refractivity contribution in [2.45, 2.75) is 52.5 Å². The van der Waals surface area contributed by atoms with Crippen LogP contribution in [0.15, 0.2) is 24.4 Å². The molecule has 1 aliphatic carbocycles. The number of fused-ring (bicyclic) bond motifs is 1. The Morgan fingerprint density at radius 3 is 2.71 bits per heavy atom. The van der Waals surface area contributed by atoms with E-state index in [1.807, 2.05) is 31.3 Å². The van der Waals surface area contributed by atoms with Crippen molar-refractivity contribution in [3.8, 4) is 0 Å². The first-order valence-corrected chi connectivity index (χ1v) is 7.66. The van der Waals surface area contributed by atoms with Gasteiger partial charge in [0, 0.05) is 18.2 Å². The molecule has 0 spiro atoms. The Kier molecular flexibility index (Phi) is 3.27. The molecule has 4 heteroatoms. The highest BCUT2D eigenvalue weighted by Gasteiger charge is 2.31. The molecule has 0 bridgehead atoms. The van der Waals surface area contributed by atoms with Crippen molar-refractivity contribution in [3.63, 3.8) is 0 Å². The molecule has 3 rings (SSSR count). The van der Waals surface area contributed by atoms with Crippen molar-refractivity contribution in [2.24, 2.45) is 5.41 Å². The Bertz CT molecular complexity index is 677. The molecule has 2 aromatic rings. The standard InChI is InChI=1S/C17H23N3O/c1-11(17(2,3)4)18-16(21)14-13-7-5-6-10-20(13)15(19-14)12-8-9-12/h5-7,10-12H,8-9H2,1-4H3,(H,18,21)/t11-/m1/s1. The molecule has 0 radical (unpaired) electrons. The summed E-state index contributed by atoms with van der Waals surface area (Å²) < 4.78 is 2.06. The van der Waals surface area contributed by atoms with E-state index >= 15 is 0 Å². The van der Waals surface area contributed by atoms with Gasteiger partial charge in [-0.05, 0) is 37.3 Å². The van der Waals surface area contributed by atoms with Crippen LogP contribution in [0.4, 0.5) is 0 Å². The van der Waals surface area contributed by atoms with Gasteiger partial charge in [0.05, 0.1) is 5.52 Å². The largest absolute Gasteiger partial charge is 0.348 e. The maximum absolute atomic E-state index is 12.6. The van der Waals surface area contributed by atoms with Gasteiger partial charge in [-0.1, -0.05) is 26.8 Å². The first-order valence-electron chi connectivity index (χ1n) is 7.66. The smallest absolute Gasteiger partial charge is 0.272 e. The number of carbonyl (C=O) groups excluding carboxylic acids is 1. The average molecular weight is 285 g/mol. The molecular formula is C17H23N3O. The summed E-state index contributed by atoms with van der Waals surface area (Å²) in [5.41, 5.74) is 1.48. The van der Waals surface area contributed by atoms with Gasteiger partial charge in [-0.15, -0.1) is 0 Å². The molecule has 1 saturated carbocycles. The summed E-state index contributed by atoms with van der Waals surface area (Å²) in [5.74, 6) is 1.47. The summed E-state index contributed by atoms with van der Waals surface area (Å²) in [7, 11) is 0. The third-order valence-corrected chi connectivity index (χ3v) is 4.38. The van der Waals surface area contributed by atoms with Crippen LogP contribution in [0.25, 0.3) is 5.52 Å². The molecule has 1 fully saturated rings. The average Bonchev–Trinajstić information content (AvgIpc) is 3.18. The number of carbonyl (C=O) groups is 1. The van der Waals surface area contributed by atoms with Gasteiger partial charge < -0.3 is 9.72 Å². The molecule has 2 heterocycles. The van der Waals surface area contributed by atoms with Crippen LogP contribution in [-0.4, -0.2) is 21.3 Å². The van der Waals surface area contributed by atoms with Gasteiger partial charge in [0.1, 0.15) is 5.82 Å². The fourth-order valence-electron chi connectivity index (χ4n) is 2.34. The van der Waals surface area contributed by atoms with Crippen molar-refractivity contribution in [1.82, 2.24) is 14.7 Å². The lowest BCUT2D eigenvalue weighted by molar-refractivity contribution is 0.0907. The molecule has 0 saturated heterocycles. The first kappa shape index (κ1) is 14.1. The molecule has 1 atom stereocenters. The highest BCUT2D eigenvalue weighted by atomic mass is 16.2. The van der Waals surface area contributed by atoms with Crippen LogP contribution in [0.1, 0.15) is 62.8 Å². The number of pyridine rings is 1. The summed E-state index contributed by atoms with van der Waals surface area (Å²) in [6.07, 6.45) is 4.35. The molecule has 2 aromatic heterocycles. The SMILES string of the molecule is C[C@@H](NC(=O)c1nc(C2CC2)n2ccccc12)C(C)(C)C. The molecule has 1 aliphatic rings. The Morgan fingerprint density at radius 2 is 2.10 bits per heavy atom. The third-order valence-electron chi connectivity index (χ3n) is 4.38. The molecule has 4 nitrogen and oxygen atoms in total. The molecule has 21 heavy (non-hydrogen) atoms. The van der Waals surface area contributed by atoms with Gasteiger partial charge in [-0.3, -0.25) is 4.79 Å². The van der Waals surface area contributed by atoms with Crippen LogP contribution >= 0.6 is 0 Å². The van der Waals surface area contributed by atoms with Crippen molar-refractivity contribution < 1.29 is 4.79 Å². The minimum Gasteiger partial charge on any atom is -0.348 e. The molecule has 1 amide bonds. The lowest BCUT2D eigenvalue weighted by atomic mass is 9.88. The van der Waals surface area contributed by atoms with E-state index in [-0.39, 0.29) is 17.4 Å². The van der Waals surface area contributed by atoms with Gasteiger partial charge in [-0.2, -0.15) is 0 Å². The van der Waals surface area contributed by atoms with E-state index < -0.39 is 0 Å². The summed E-state index contributed by atoms with van der Waals surface area (Å²) in [6.45, 7) is 8.41. The van der Waals surface area contributed by atoms with Crippen LogP contribution < -0.4 is 5.32 Å². The maximum Gasteiger partial charge on any atom is 0.272 e. The van der Waals surface area contributed by atoms with Crippen LogP contribution in [0.5, 0.6) is 0 Å². The van der Waals surface area contributed by atoms with Crippen LogP contribution in [0, 0.1) is 5.41 Å². The van der Waals surface area contributed by atoms with E-state index in [0.29, 0.717) is 11.6 Å². The quantitative estimate of drug-likeness (QED) is 0.939. The van der Waals surface area contributed by atoms with Crippen molar-refractivity contribution in [3.05, 3.63) is 35.9 Å². The lowest BCUT2D eigenvalue weighted by Gasteiger charge is -2.27. The van der Waals surface area contributed by atoms with Gasteiger partial charge >= 0.3 is 0 Å². The van der Waals surface area contributed by atoms with Gasteiger partial charge in [-0.25, -0.2) is 4.98 Å². The highest BCUT2D eigenvalue weighted by molar-refractivity contribution is 5.99. The van der Waals surface area contributed by atoms with Crippen LogP contribution in [0.3, 0.4) is 0 Å². The highest BCUT2D eigenvalue weighted by Crippen LogP contribution is 2.40. The van der Waals surface area contributed by atoms with Gasteiger partial charge in [0.2, 0.25) is 0 Å². The van der Waals surface area contributed by atoms with E-state index in [1.165, 1.54) is 12.8 Å². The summed E-state index contributed by atoms with van der Waals surface area (Å²) in [6, 6.07) is 6.00. The fraction of sp³-hybridized carbons (Fsp3) is 0.529. The lowest BCUT2D eigenvalue weighted by Crippen LogP contribution is -2.41. The predicted octanol–water partition coefficient (Wildman–Crippen LogP) is 3.38. The Balaban J connectivity index is 1.95. The predicted molar refractivity (Wildman–Crippen MR) is 83.6 cm³/mol. The fourth-order valence-corrected chi connectivity index (χ4v) is 2.34. The Morgan fingerprint density at radius 1 is 1.38 bits per heavy atom. The zero-order valence-corrected chi connectivity index (χ0v) is 13.2. The zero-order chi connectivity index (χ0) is 15.2. The third kappa shape index (κ3) is 2.67. The summed E-state index contributed by atoms with van der Waals surface area (Å²) in [5, 5.41) is 3.09. The minimum atomic E-state index is -0.0759. The number of nitrogens with zero attached hydrogens (tertiary/aromatic N) is 2. The normalized spacial score (nSPS) is 17.0. The molecule has 0 aromatic carbocycles. The molecular weight excluding hydrogens is 262 g/mol. The van der Waals surface area contributed by atoms with E-state index in [0.717, 1.165) is 11.3 Å². The Hall–Kier alpha value is -1.84. The maximum atomic E-state index is 12.6. The van der Waals surface area contributed by atoms with Gasteiger partial charge in [0.15, 0.2) is 5.69 Å². The number of imidazole rings is 1. The first-order chi connectivity index (χ1) is 9.88. The Labute approximate surface area is 125 Å². The number of hydrogen-bond donors (Lipinski definition) is 1. The number of hydrogen-bond acceptors (Lipinski definition) is 2. The van der Waals surface area contributed by atoms with Gasteiger partial charge in [0.25, 0.3) is 5.91 Å². The number of rotatable bonds is 3. The van der Waals surface area contributed by atoms with Crippen LogP contribution in [0.2, 0.25) is 0 Å². The number of aromatic nitrogens is 2. The molecule has 0 unspecified atom stereocenters. The van der Waals surface area contributed by atoms with Crippen molar-refractivity contribution in [1.29, 1.82) is 0 Å². The summed E-state index contributed by atoms with van der Waals surface area (Å²) >= 11 is 0. The van der Waals surface area contributed by atoms with E-state index in [9.17, 15) is 4.79 Å². The van der Waals surface area contributed by atoms with E-state index in [1.54, 1.807) is 0 Å². The zero-order valence-electron chi connectivity index (χ0n) is 13.2. The second-order valence-electron chi connectivity index (χ2n) is 7.11. The molecule has 1 N–H and O–H groups in total. The van der Waals surface area contributed by atoms with E-state index in [2.05, 4.69) is 35.5 Å². The summed E-state index contributed by atoms with van der Waals surface area (Å²) in [4.78, 5) is 17.2. The number of amides is 1. The van der Waals surface area contributed by atoms with Crippen LogP contribution in [-0.2, 0) is 0 Å². The topological polar surface area (TPSA) is 46.4 Å².